The molecular formula is C18H22N4O4. The van der Waals surface area contributed by atoms with Gasteiger partial charge in [-0.1, -0.05) is 12.2 Å². The van der Waals surface area contributed by atoms with E-state index in [0.29, 0.717) is 24.2 Å². The molecule has 2 heterocycles. The Labute approximate surface area is 152 Å². The Morgan fingerprint density at radius 3 is 2.08 bits per heavy atom. The Morgan fingerprint density at radius 2 is 1.65 bits per heavy atom. The first-order valence-electron chi connectivity index (χ1n) is 7.99. The predicted molar refractivity (Wildman–Crippen MR) is 96.7 cm³/mol. The normalized spacial score (nSPS) is 14.1. The number of rotatable bonds is 6. The predicted octanol–water partition coefficient (Wildman–Crippen LogP) is 2.32. The second kappa shape index (κ2) is 7.47. The number of carbonyl (C=O) groups is 2. The molecule has 0 saturated carbocycles. The molecule has 2 amide bonds. The molecule has 0 aliphatic carbocycles. The second-order valence-electron chi connectivity index (χ2n) is 5.79. The molecule has 1 aromatic heterocycles. The summed E-state index contributed by atoms with van der Waals surface area (Å²) in [4.78, 5) is 38.5. The summed E-state index contributed by atoms with van der Waals surface area (Å²) < 4.78 is 10.5. The fourth-order valence-electron chi connectivity index (χ4n) is 3.14. The van der Waals surface area contributed by atoms with Crippen molar-refractivity contribution < 1.29 is 19.1 Å². The number of nitrogens with zero attached hydrogens (tertiary/aromatic N) is 4. The Balaban J connectivity index is 2.85. The van der Waals surface area contributed by atoms with Gasteiger partial charge in [-0.3, -0.25) is 9.59 Å². The standard InChI is InChI=1S/C18H22N4O4/c1-7-9-18(10-8-2)14-13(15(25-5)21-17(20-14)26-6)19-16(18)22(11(3)23)12(4)24/h7-8H,1-2,9-10H2,3-6H3. The molecule has 1 aromatic rings. The largest absolute Gasteiger partial charge is 0.479 e. The number of carbonyl (C=O) groups excluding carboxylic acids is 2. The molecule has 8 heteroatoms. The monoisotopic (exact) mass is 358 g/mol. The smallest absolute Gasteiger partial charge is 0.319 e. The minimum absolute atomic E-state index is 0.103. The van der Waals surface area contributed by atoms with Gasteiger partial charge in [0.25, 0.3) is 0 Å². The quantitative estimate of drug-likeness (QED) is 0.725. The lowest BCUT2D eigenvalue weighted by molar-refractivity contribution is -0.137. The van der Waals surface area contributed by atoms with Crippen LogP contribution >= 0.6 is 0 Å². The fraction of sp³-hybridized carbons (Fsp3) is 0.389. The maximum Gasteiger partial charge on any atom is 0.319 e. The highest BCUT2D eigenvalue weighted by Gasteiger charge is 2.49. The molecule has 2 rings (SSSR count). The summed E-state index contributed by atoms with van der Waals surface area (Å²) in [6, 6.07) is 0.103. The van der Waals surface area contributed by atoms with Gasteiger partial charge in [0.05, 0.1) is 25.3 Å². The van der Waals surface area contributed by atoms with Crippen molar-refractivity contribution in [2.45, 2.75) is 32.1 Å². The van der Waals surface area contributed by atoms with E-state index in [-0.39, 0.29) is 17.7 Å². The molecule has 26 heavy (non-hydrogen) atoms. The number of hydrogen-bond acceptors (Lipinski definition) is 7. The lowest BCUT2D eigenvalue weighted by Gasteiger charge is -2.33. The summed E-state index contributed by atoms with van der Waals surface area (Å²) in [6.07, 6.45) is 4.14. The van der Waals surface area contributed by atoms with Gasteiger partial charge >= 0.3 is 6.01 Å². The Bertz CT molecular complexity index is 777. The van der Waals surface area contributed by atoms with E-state index < -0.39 is 17.2 Å². The molecule has 0 saturated heterocycles. The first-order chi connectivity index (χ1) is 12.4. The Morgan fingerprint density at radius 1 is 1.08 bits per heavy atom. The van der Waals surface area contributed by atoms with E-state index in [1.54, 1.807) is 12.2 Å². The van der Waals surface area contributed by atoms with E-state index in [1.165, 1.54) is 28.1 Å². The number of imide groups is 1. The first kappa shape index (κ1) is 19.3. The minimum Gasteiger partial charge on any atom is -0.479 e. The van der Waals surface area contributed by atoms with Crippen LogP contribution in [-0.4, -0.2) is 46.7 Å². The molecule has 0 bridgehead atoms. The van der Waals surface area contributed by atoms with Crippen LogP contribution in [0.3, 0.4) is 0 Å². The summed E-state index contributed by atoms with van der Waals surface area (Å²) in [7, 11) is 2.89. The van der Waals surface area contributed by atoms with Gasteiger partial charge in [-0.2, -0.15) is 9.97 Å². The summed E-state index contributed by atoms with van der Waals surface area (Å²) in [5.41, 5.74) is -0.0392. The molecule has 1 aliphatic heterocycles. The van der Waals surface area contributed by atoms with Crippen molar-refractivity contribution in [3.8, 4) is 11.9 Å². The molecule has 0 unspecified atom stereocenters. The van der Waals surface area contributed by atoms with Crippen LogP contribution in [0.2, 0.25) is 0 Å². The van der Waals surface area contributed by atoms with Gasteiger partial charge < -0.3 is 9.47 Å². The van der Waals surface area contributed by atoms with Crippen molar-refractivity contribution in [2.75, 3.05) is 14.2 Å². The van der Waals surface area contributed by atoms with Crippen LogP contribution in [0.1, 0.15) is 32.4 Å². The van der Waals surface area contributed by atoms with E-state index in [1.807, 2.05) is 0 Å². The summed E-state index contributed by atoms with van der Waals surface area (Å²) in [5.74, 6) is -0.430. The third-order valence-corrected chi connectivity index (χ3v) is 4.13. The molecule has 8 nitrogen and oxygen atoms in total. The van der Waals surface area contributed by atoms with E-state index in [4.69, 9.17) is 9.47 Å². The zero-order valence-corrected chi connectivity index (χ0v) is 15.4. The number of methoxy groups -OCH3 is 2. The number of amidine groups is 1. The van der Waals surface area contributed by atoms with Crippen LogP contribution in [0.15, 0.2) is 30.3 Å². The van der Waals surface area contributed by atoms with Crippen LogP contribution in [0.25, 0.3) is 0 Å². The SMILES string of the molecule is C=CCC1(CC=C)C(N(C(C)=O)C(C)=O)=Nc2c(OC)nc(OC)nc21. The summed E-state index contributed by atoms with van der Waals surface area (Å²) in [5, 5.41) is 0. The zero-order chi connectivity index (χ0) is 19.5. The van der Waals surface area contributed by atoms with Crippen molar-refractivity contribution in [1.82, 2.24) is 14.9 Å². The average molecular weight is 358 g/mol. The van der Waals surface area contributed by atoms with Gasteiger partial charge in [-0.15, -0.1) is 13.2 Å². The number of aromatic nitrogens is 2. The van der Waals surface area contributed by atoms with Crippen molar-refractivity contribution in [3.05, 3.63) is 31.0 Å². The van der Waals surface area contributed by atoms with Gasteiger partial charge in [0.1, 0.15) is 5.84 Å². The van der Waals surface area contributed by atoms with Crippen LogP contribution in [0.5, 0.6) is 11.9 Å². The molecule has 0 N–H and O–H groups in total. The lowest BCUT2D eigenvalue weighted by Crippen LogP contribution is -2.49. The van der Waals surface area contributed by atoms with E-state index in [0.717, 1.165) is 4.90 Å². The van der Waals surface area contributed by atoms with Gasteiger partial charge in [0.2, 0.25) is 17.7 Å². The van der Waals surface area contributed by atoms with Crippen LogP contribution in [-0.2, 0) is 15.0 Å². The second-order valence-corrected chi connectivity index (χ2v) is 5.79. The highest BCUT2D eigenvalue weighted by Crippen LogP contribution is 2.49. The molecule has 0 radical (unpaired) electrons. The zero-order valence-electron chi connectivity index (χ0n) is 15.4. The van der Waals surface area contributed by atoms with Gasteiger partial charge in [0.15, 0.2) is 5.69 Å². The minimum atomic E-state index is -0.903. The van der Waals surface area contributed by atoms with Crippen molar-refractivity contribution >= 4 is 23.3 Å². The highest BCUT2D eigenvalue weighted by molar-refractivity contribution is 6.17. The number of allylic oxidation sites excluding steroid dienone is 2. The van der Waals surface area contributed by atoms with E-state index in [9.17, 15) is 9.59 Å². The lowest BCUT2D eigenvalue weighted by atomic mass is 9.77. The number of ether oxygens (including phenoxy) is 2. The van der Waals surface area contributed by atoms with E-state index in [2.05, 4.69) is 28.1 Å². The van der Waals surface area contributed by atoms with Crippen molar-refractivity contribution in [1.29, 1.82) is 0 Å². The number of fused-ring (bicyclic) bond motifs is 1. The maximum absolute atomic E-state index is 12.2. The van der Waals surface area contributed by atoms with Gasteiger partial charge in [-0.05, 0) is 12.8 Å². The molecule has 0 atom stereocenters. The molecular weight excluding hydrogens is 336 g/mol. The van der Waals surface area contributed by atoms with Crippen molar-refractivity contribution in [2.24, 2.45) is 4.99 Å². The fourth-order valence-corrected chi connectivity index (χ4v) is 3.14. The number of amides is 2. The highest BCUT2D eigenvalue weighted by atomic mass is 16.5. The third-order valence-electron chi connectivity index (χ3n) is 4.13. The van der Waals surface area contributed by atoms with Crippen LogP contribution < -0.4 is 9.47 Å². The molecule has 1 aliphatic rings. The third kappa shape index (κ3) is 2.98. The molecule has 0 aromatic carbocycles. The number of aliphatic imine (C=N–C) groups is 1. The number of hydrogen-bond donors (Lipinski definition) is 0. The van der Waals surface area contributed by atoms with Crippen LogP contribution in [0, 0.1) is 0 Å². The van der Waals surface area contributed by atoms with Gasteiger partial charge in [-0.25, -0.2) is 9.89 Å². The van der Waals surface area contributed by atoms with Crippen LogP contribution in [0.4, 0.5) is 5.69 Å². The topological polar surface area (TPSA) is 94.0 Å². The molecule has 0 fully saturated rings. The van der Waals surface area contributed by atoms with E-state index >= 15 is 0 Å². The first-order valence-corrected chi connectivity index (χ1v) is 7.99. The van der Waals surface area contributed by atoms with Crippen molar-refractivity contribution in [3.63, 3.8) is 0 Å². The Kier molecular flexibility index (Phi) is 5.54. The Hall–Kier alpha value is -3.03. The molecule has 0 spiro atoms. The average Bonchev–Trinajstić information content (AvgIpc) is 2.88. The maximum atomic E-state index is 12.2. The molecule has 138 valence electrons. The van der Waals surface area contributed by atoms with Gasteiger partial charge in [0, 0.05) is 13.8 Å². The summed E-state index contributed by atoms with van der Waals surface area (Å²) in [6.45, 7) is 10.2. The summed E-state index contributed by atoms with van der Waals surface area (Å²) >= 11 is 0.